The molecule has 3 amide bonds. The Morgan fingerprint density at radius 3 is 2.30 bits per heavy atom. The number of nitrogens with one attached hydrogen (secondary N) is 2. The van der Waals surface area contributed by atoms with Crippen LogP contribution >= 0.6 is 0 Å². The number of carbonyl (C=O) groups excluding carboxylic acids is 3. The number of rotatable bonds is 7. The van der Waals surface area contributed by atoms with E-state index in [1.165, 1.54) is 24.0 Å². The predicted molar refractivity (Wildman–Crippen MR) is 137 cm³/mol. The van der Waals surface area contributed by atoms with Crippen LogP contribution in [-0.4, -0.2) is 40.9 Å². The SMILES string of the molecule is CC(NC(=O)c1ccc2c(c1)NC(=O)CC(c1ccccc1)N2C(=O)C(C)Oc1ccccc1)C(=O)O. The van der Waals surface area contributed by atoms with Gasteiger partial charge in [0.1, 0.15) is 11.8 Å². The highest BCUT2D eigenvalue weighted by molar-refractivity contribution is 6.08. The molecule has 0 fully saturated rings. The van der Waals surface area contributed by atoms with Crippen molar-refractivity contribution in [3.63, 3.8) is 0 Å². The minimum atomic E-state index is -1.17. The van der Waals surface area contributed by atoms with Gasteiger partial charge in [0.2, 0.25) is 5.91 Å². The van der Waals surface area contributed by atoms with Crippen LogP contribution in [-0.2, 0) is 14.4 Å². The summed E-state index contributed by atoms with van der Waals surface area (Å²) in [5, 5.41) is 14.3. The maximum absolute atomic E-state index is 13.9. The third kappa shape index (κ3) is 5.78. The zero-order valence-corrected chi connectivity index (χ0v) is 20.4. The van der Waals surface area contributed by atoms with E-state index in [0.29, 0.717) is 11.4 Å². The molecule has 0 radical (unpaired) electrons. The molecule has 0 aromatic heterocycles. The monoisotopic (exact) mass is 501 g/mol. The Labute approximate surface area is 214 Å². The minimum absolute atomic E-state index is 0.0138. The zero-order chi connectivity index (χ0) is 26.5. The van der Waals surface area contributed by atoms with Crippen LogP contribution in [0.3, 0.4) is 0 Å². The largest absolute Gasteiger partial charge is 0.481 e. The molecule has 0 aliphatic carbocycles. The number of carboxylic acids is 1. The Morgan fingerprint density at radius 2 is 1.65 bits per heavy atom. The summed E-state index contributed by atoms with van der Waals surface area (Å²) in [7, 11) is 0. The first-order valence-electron chi connectivity index (χ1n) is 11.8. The second-order valence-electron chi connectivity index (χ2n) is 8.73. The van der Waals surface area contributed by atoms with Gasteiger partial charge in [-0.1, -0.05) is 48.5 Å². The number of hydrogen-bond donors (Lipinski definition) is 3. The van der Waals surface area contributed by atoms with Crippen molar-refractivity contribution < 1.29 is 29.0 Å². The Bertz CT molecular complexity index is 1310. The average molecular weight is 502 g/mol. The third-order valence-corrected chi connectivity index (χ3v) is 6.03. The van der Waals surface area contributed by atoms with Crippen molar-refractivity contribution in [3.05, 3.63) is 90.0 Å². The summed E-state index contributed by atoms with van der Waals surface area (Å²) in [6, 6.07) is 21.0. The molecular formula is C28H27N3O6. The molecular weight excluding hydrogens is 474 g/mol. The molecule has 1 aliphatic rings. The summed E-state index contributed by atoms with van der Waals surface area (Å²) in [6.45, 7) is 3.00. The maximum atomic E-state index is 13.9. The van der Waals surface area contributed by atoms with Gasteiger partial charge in [0.15, 0.2) is 6.10 Å². The topological polar surface area (TPSA) is 125 Å². The van der Waals surface area contributed by atoms with Gasteiger partial charge in [0, 0.05) is 5.56 Å². The van der Waals surface area contributed by atoms with Crippen LogP contribution < -0.4 is 20.3 Å². The van der Waals surface area contributed by atoms with E-state index in [4.69, 9.17) is 9.84 Å². The Morgan fingerprint density at radius 1 is 1.00 bits per heavy atom. The zero-order valence-electron chi connectivity index (χ0n) is 20.4. The van der Waals surface area contributed by atoms with E-state index < -0.39 is 30.1 Å². The van der Waals surface area contributed by atoms with E-state index in [2.05, 4.69) is 10.6 Å². The van der Waals surface area contributed by atoms with Gasteiger partial charge in [0.25, 0.3) is 11.8 Å². The molecule has 1 aliphatic heterocycles. The smallest absolute Gasteiger partial charge is 0.325 e. The van der Waals surface area contributed by atoms with Gasteiger partial charge in [-0.05, 0) is 49.7 Å². The fraction of sp³-hybridized carbons (Fsp3) is 0.214. The van der Waals surface area contributed by atoms with E-state index in [1.54, 1.807) is 37.3 Å². The fourth-order valence-corrected chi connectivity index (χ4v) is 4.13. The van der Waals surface area contributed by atoms with Crippen LogP contribution in [0, 0.1) is 0 Å². The van der Waals surface area contributed by atoms with Crippen LogP contribution in [0.5, 0.6) is 5.75 Å². The van der Waals surface area contributed by atoms with Gasteiger partial charge in [-0.3, -0.25) is 24.1 Å². The molecule has 1 heterocycles. The summed E-state index contributed by atoms with van der Waals surface area (Å²) in [6.07, 6.45) is -0.894. The summed E-state index contributed by atoms with van der Waals surface area (Å²) >= 11 is 0. The van der Waals surface area contributed by atoms with Gasteiger partial charge >= 0.3 is 5.97 Å². The molecule has 37 heavy (non-hydrogen) atoms. The predicted octanol–water partition coefficient (Wildman–Crippen LogP) is 3.77. The molecule has 3 aromatic rings. The van der Waals surface area contributed by atoms with Crippen LogP contribution in [0.25, 0.3) is 0 Å². The molecule has 0 saturated heterocycles. The highest BCUT2D eigenvalue weighted by Crippen LogP contribution is 2.39. The van der Waals surface area contributed by atoms with Crippen molar-refractivity contribution in [2.45, 2.75) is 38.5 Å². The van der Waals surface area contributed by atoms with E-state index in [1.807, 2.05) is 36.4 Å². The lowest BCUT2D eigenvalue weighted by molar-refractivity contribution is -0.138. The first-order valence-corrected chi connectivity index (χ1v) is 11.8. The summed E-state index contributed by atoms with van der Waals surface area (Å²) in [5.41, 5.74) is 1.57. The molecule has 9 heteroatoms. The number of carboxylic acid groups (broad SMARTS) is 1. The lowest BCUT2D eigenvalue weighted by Crippen LogP contribution is -2.43. The Hall–Kier alpha value is -4.66. The molecule has 9 nitrogen and oxygen atoms in total. The Kier molecular flexibility index (Phi) is 7.52. The van der Waals surface area contributed by atoms with Gasteiger partial charge in [0.05, 0.1) is 23.8 Å². The first kappa shape index (κ1) is 25.4. The van der Waals surface area contributed by atoms with Crippen molar-refractivity contribution >= 4 is 35.1 Å². The number of benzene rings is 3. The third-order valence-electron chi connectivity index (χ3n) is 6.03. The molecule has 0 spiro atoms. The van der Waals surface area contributed by atoms with Gasteiger partial charge < -0.3 is 20.5 Å². The van der Waals surface area contributed by atoms with E-state index >= 15 is 0 Å². The number of amides is 3. The van der Waals surface area contributed by atoms with Crippen molar-refractivity contribution in [1.29, 1.82) is 0 Å². The van der Waals surface area contributed by atoms with Gasteiger partial charge in [-0.25, -0.2) is 0 Å². The number of hydrogen-bond acceptors (Lipinski definition) is 5. The van der Waals surface area contributed by atoms with Gasteiger partial charge in [-0.2, -0.15) is 0 Å². The fourth-order valence-electron chi connectivity index (χ4n) is 4.13. The molecule has 3 N–H and O–H groups in total. The van der Waals surface area contributed by atoms with Crippen LogP contribution in [0.2, 0.25) is 0 Å². The highest BCUT2D eigenvalue weighted by atomic mass is 16.5. The van der Waals surface area contributed by atoms with Crippen molar-refractivity contribution in [3.8, 4) is 5.75 Å². The number of anilines is 2. The molecule has 3 atom stereocenters. The number of aliphatic carboxylic acids is 1. The molecule has 3 aromatic carbocycles. The van der Waals surface area contributed by atoms with E-state index in [0.717, 1.165) is 5.56 Å². The van der Waals surface area contributed by atoms with Crippen LogP contribution in [0.4, 0.5) is 11.4 Å². The van der Waals surface area contributed by atoms with Crippen molar-refractivity contribution in [1.82, 2.24) is 5.32 Å². The van der Waals surface area contributed by atoms with E-state index in [-0.39, 0.29) is 29.5 Å². The van der Waals surface area contributed by atoms with E-state index in [9.17, 15) is 19.2 Å². The average Bonchev–Trinajstić information content (AvgIpc) is 3.04. The lowest BCUT2D eigenvalue weighted by atomic mass is 10.0. The molecule has 0 saturated carbocycles. The lowest BCUT2D eigenvalue weighted by Gasteiger charge is -2.33. The Balaban J connectivity index is 1.74. The number of nitrogens with zero attached hydrogens (tertiary/aromatic N) is 1. The first-order chi connectivity index (χ1) is 17.7. The number of para-hydroxylation sites is 1. The molecule has 4 rings (SSSR count). The number of fused-ring (bicyclic) bond motifs is 1. The second kappa shape index (κ2) is 10.9. The number of ether oxygens (including phenoxy) is 1. The minimum Gasteiger partial charge on any atom is -0.481 e. The summed E-state index contributed by atoms with van der Waals surface area (Å²) in [4.78, 5) is 52.1. The van der Waals surface area contributed by atoms with Crippen LogP contribution in [0.1, 0.15) is 42.2 Å². The molecule has 0 bridgehead atoms. The van der Waals surface area contributed by atoms with Crippen molar-refractivity contribution in [2.24, 2.45) is 0 Å². The standard InChI is InChI=1S/C28H27N3O6/c1-17(28(35)36)29-26(33)20-13-14-23-22(15-20)30-25(32)16-24(19-9-5-3-6-10-19)31(23)27(34)18(2)37-21-11-7-4-8-12-21/h3-15,17-18,24H,16H2,1-2H3,(H,29,33)(H,30,32)(H,35,36). The van der Waals surface area contributed by atoms with Crippen LogP contribution in [0.15, 0.2) is 78.9 Å². The normalized spacial score (nSPS) is 16.4. The number of carbonyl (C=O) groups is 4. The summed E-state index contributed by atoms with van der Waals surface area (Å²) in [5.74, 6) is -1.96. The van der Waals surface area contributed by atoms with Crippen molar-refractivity contribution in [2.75, 3.05) is 10.2 Å². The highest BCUT2D eigenvalue weighted by Gasteiger charge is 2.36. The molecule has 3 unspecified atom stereocenters. The maximum Gasteiger partial charge on any atom is 0.325 e. The summed E-state index contributed by atoms with van der Waals surface area (Å²) < 4.78 is 5.91. The quantitative estimate of drug-likeness (QED) is 0.453. The molecule has 190 valence electrons. The second-order valence-corrected chi connectivity index (χ2v) is 8.73. The van der Waals surface area contributed by atoms with Gasteiger partial charge in [-0.15, -0.1) is 0 Å².